The highest BCUT2D eigenvalue weighted by Crippen LogP contribution is 2.08. The number of nitrogens with one attached hydrogen (secondary N) is 1. The zero-order valence-electron chi connectivity index (χ0n) is 14.4. The summed E-state index contributed by atoms with van der Waals surface area (Å²) in [6.45, 7) is 9.11. The van der Waals surface area contributed by atoms with Gasteiger partial charge in [-0.15, -0.1) is 5.10 Å². The Morgan fingerprint density at radius 1 is 1.21 bits per heavy atom. The van der Waals surface area contributed by atoms with Crippen LogP contribution in [0.5, 0.6) is 0 Å². The number of rotatable bonds is 9. The van der Waals surface area contributed by atoms with Crippen molar-refractivity contribution in [1.29, 1.82) is 0 Å². The number of nitrogens with zero attached hydrogens (tertiary/aromatic N) is 4. The van der Waals surface area contributed by atoms with Crippen LogP contribution in [0, 0.1) is 0 Å². The van der Waals surface area contributed by atoms with Crippen LogP contribution < -0.4 is 4.72 Å². The summed E-state index contributed by atoms with van der Waals surface area (Å²) in [7, 11) is -3.52. The van der Waals surface area contributed by atoms with Gasteiger partial charge < -0.3 is 0 Å². The summed E-state index contributed by atoms with van der Waals surface area (Å²) in [6, 6.07) is 8.05. The molecule has 132 valence electrons. The lowest BCUT2D eigenvalue weighted by Gasteiger charge is -2.15. The maximum Gasteiger partial charge on any atom is 0.240 e. The van der Waals surface area contributed by atoms with E-state index < -0.39 is 10.0 Å². The van der Waals surface area contributed by atoms with Crippen LogP contribution in [0.4, 0.5) is 0 Å². The third-order valence-electron chi connectivity index (χ3n) is 3.74. The van der Waals surface area contributed by atoms with Crippen LogP contribution in [0.25, 0.3) is 0 Å². The molecule has 0 saturated carbocycles. The van der Waals surface area contributed by atoms with Crippen molar-refractivity contribution in [3.8, 4) is 0 Å². The molecule has 0 aliphatic heterocycles. The van der Waals surface area contributed by atoms with E-state index in [1.807, 2.05) is 13.1 Å². The molecular weight excluding hydrogens is 326 g/mol. The smallest absolute Gasteiger partial charge is 0.240 e. The maximum absolute atomic E-state index is 12.3. The molecule has 24 heavy (non-hydrogen) atoms. The molecule has 0 bridgehead atoms. The predicted molar refractivity (Wildman–Crippen MR) is 92.9 cm³/mol. The molecule has 2 rings (SSSR count). The largest absolute Gasteiger partial charge is 0.298 e. The zero-order chi connectivity index (χ0) is 17.6. The lowest BCUT2D eigenvalue weighted by molar-refractivity contribution is 0.292. The average molecular weight is 351 g/mol. The van der Waals surface area contributed by atoms with E-state index in [2.05, 4.69) is 33.8 Å². The summed E-state index contributed by atoms with van der Waals surface area (Å²) < 4.78 is 28.9. The highest BCUT2D eigenvalue weighted by Gasteiger charge is 2.17. The maximum atomic E-state index is 12.3. The van der Waals surface area contributed by atoms with E-state index in [1.54, 1.807) is 35.0 Å². The molecule has 8 heteroatoms. The van der Waals surface area contributed by atoms with E-state index in [9.17, 15) is 8.42 Å². The first kappa shape index (κ1) is 18.6. The van der Waals surface area contributed by atoms with Gasteiger partial charge in [-0.3, -0.25) is 9.58 Å². The van der Waals surface area contributed by atoms with Gasteiger partial charge in [-0.1, -0.05) is 37.3 Å². The lowest BCUT2D eigenvalue weighted by atomic mass is 10.3. The summed E-state index contributed by atoms with van der Waals surface area (Å²) in [5.74, 6) is 0. The molecule has 7 nitrogen and oxygen atoms in total. The highest BCUT2D eigenvalue weighted by molar-refractivity contribution is 7.89. The third-order valence-corrected chi connectivity index (χ3v) is 5.34. The Morgan fingerprint density at radius 3 is 2.50 bits per heavy atom. The fraction of sp³-hybridized carbons (Fsp3) is 0.500. The van der Waals surface area contributed by atoms with Crippen LogP contribution in [0.1, 0.15) is 26.5 Å². The van der Waals surface area contributed by atoms with Gasteiger partial charge in [-0.05, 0) is 32.1 Å². The Kier molecular flexibility index (Phi) is 6.47. The Bertz CT molecular complexity index is 726. The molecule has 0 fully saturated rings. The molecule has 1 aromatic carbocycles. The third kappa shape index (κ3) is 5.12. The summed E-state index contributed by atoms with van der Waals surface area (Å²) >= 11 is 0. The molecule has 0 spiro atoms. The molecular formula is C16H25N5O2S. The molecule has 0 aliphatic carbocycles. The topological polar surface area (TPSA) is 80.1 Å². The second kappa shape index (κ2) is 8.36. The van der Waals surface area contributed by atoms with E-state index in [4.69, 9.17) is 0 Å². The monoisotopic (exact) mass is 351 g/mol. The average Bonchev–Trinajstić information content (AvgIpc) is 2.99. The fourth-order valence-corrected chi connectivity index (χ4v) is 3.68. The van der Waals surface area contributed by atoms with E-state index >= 15 is 0 Å². The normalized spacial score (nSPS) is 13.3. The van der Waals surface area contributed by atoms with Crippen LogP contribution in [0.15, 0.2) is 41.4 Å². The summed E-state index contributed by atoms with van der Waals surface area (Å²) in [4.78, 5) is 2.51. The molecule has 0 unspecified atom stereocenters. The number of hydrogen-bond donors (Lipinski definition) is 1. The molecule has 1 atom stereocenters. The van der Waals surface area contributed by atoms with Crippen LogP contribution in [0.2, 0.25) is 0 Å². The van der Waals surface area contributed by atoms with Crippen molar-refractivity contribution in [2.75, 3.05) is 13.1 Å². The quantitative estimate of drug-likeness (QED) is 0.740. The van der Waals surface area contributed by atoms with Crippen LogP contribution in [0.3, 0.4) is 0 Å². The highest BCUT2D eigenvalue weighted by atomic mass is 32.2. The van der Waals surface area contributed by atoms with Gasteiger partial charge in [0, 0.05) is 18.8 Å². The molecule has 1 aromatic heterocycles. The number of aromatic nitrogens is 3. The van der Waals surface area contributed by atoms with Crippen molar-refractivity contribution >= 4 is 10.0 Å². The van der Waals surface area contributed by atoms with Crippen LogP contribution in [-0.4, -0.2) is 47.4 Å². The van der Waals surface area contributed by atoms with Crippen molar-refractivity contribution in [2.24, 2.45) is 0 Å². The van der Waals surface area contributed by atoms with Gasteiger partial charge in [0.25, 0.3) is 0 Å². The standard InChI is InChI=1S/C16H25N5O2S/c1-4-20(5-2)12-15-13-21(19-17-15)11-14(3)18-24(22,23)16-9-7-6-8-10-16/h6-10,13-14,18H,4-5,11-12H2,1-3H3/t14-/m0/s1. The van der Waals surface area contributed by atoms with Crippen LogP contribution >= 0.6 is 0 Å². The lowest BCUT2D eigenvalue weighted by Crippen LogP contribution is -2.35. The van der Waals surface area contributed by atoms with E-state index in [0.717, 1.165) is 25.3 Å². The molecule has 0 aliphatic rings. The van der Waals surface area contributed by atoms with E-state index in [1.165, 1.54) is 0 Å². The van der Waals surface area contributed by atoms with E-state index in [0.29, 0.717) is 6.54 Å². The minimum absolute atomic E-state index is 0.262. The Labute approximate surface area is 143 Å². The first-order valence-electron chi connectivity index (χ1n) is 8.13. The Hall–Kier alpha value is -1.77. The zero-order valence-corrected chi connectivity index (χ0v) is 15.2. The van der Waals surface area contributed by atoms with Gasteiger partial charge in [-0.25, -0.2) is 13.1 Å². The molecule has 2 aromatic rings. The van der Waals surface area contributed by atoms with Gasteiger partial charge in [-0.2, -0.15) is 0 Å². The van der Waals surface area contributed by atoms with Crippen LogP contribution in [-0.2, 0) is 23.1 Å². The number of benzene rings is 1. The predicted octanol–water partition coefficient (Wildman–Crippen LogP) is 1.49. The van der Waals surface area contributed by atoms with Crippen molar-refractivity contribution in [3.05, 3.63) is 42.2 Å². The molecule has 1 heterocycles. The van der Waals surface area contributed by atoms with Gasteiger partial charge in [0.15, 0.2) is 0 Å². The van der Waals surface area contributed by atoms with Gasteiger partial charge in [0.05, 0.1) is 17.1 Å². The van der Waals surface area contributed by atoms with Crippen molar-refractivity contribution < 1.29 is 8.42 Å². The van der Waals surface area contributed by atoms with Gasteiger partial charge >= 0.3 is 0 Å². The first-order valence-corrected chi connectivity index (χ1v) is 9.61. The minimum atomic E-state index is -3.52. The molecule has 1 N–H and O–H groups in total. The summed E-state index contributed by atoms with van der Waals surface area (Å²) in [6.07, 6.45) is 1.87. The van der Waals surface area contributed by atoms with E-state index in [-0.39, 0.29) is 10.9 Å². The summed E-state index contributed by atoms with van der Waals surface area (Å²) in [5.41, 5.74) is 0.886. The second-order valence-electron chi connectivity index (χ2n) is 5.73. The molecule has 0 saturated heterocycles. The van der Waals surface area contributed by atoms with Crippen molar-refractivity contribution in [3.63, 3.8) is 0 Å². The van der Waals surface area contributed by atoms with Gasteiger partial charge in [0.2, 0.25) is 10.0 Å². The first-order chi connectivity index (χ1) is 11.4. The Morgan fingerprint density at radius 2 is 1.88 bits per heavy atom. The van der Waals surface area contributed by atoms with Crippen molar-refractivity contribution in [1.82, 2.24) is 24.6 Å². The molecule has 0 amide bonds. The number of hydrogen-bond acceptors (Lipinski definition) is 5. The Balaban J connectivity index is 1.95. The van der Waals surface area contributed by atoms with Crippen molar-refractivity contribution in [2.45, 2.75) is 44.8 Å². The summed E-state index contributed by atoms with van der Waals surface area (Å²) in [5, 5.41) is 8.24. The SMILES string of the molecule is CCN(CC)Cc1cn(C[C@H](C)NS(=O)(=O)c2ccccc2)nn1. The van der Waals surface area contributed by atoms with Gasteiger partial charge in [0.1, 0.15) is 0 Å². The second-order valence-corrected chi connectivity index (χ2v) is 7.44. The minimum Gasteiger partial charge on any atom is -0.298 e. The fourth-order valence-electron chi connectivity index (χ4n) is 2.43. The molecule has 0 radical (unpaired) electrons. The number of sulfonamides is 1.